The van der Waals surface area contributed by atoms with Gasteiger partial charge < -0.3 is 16.0 Å². The molecule has 3 aliphatic rings. The fourth-order valence-corrected chi connectivity index (χ4v) is 4.56. The number of nitrogens with zero attached hydrogens (tertiary/aromatic N) is 3. The van der Waals surface area contributed by atoms with Crippen LogP contribution in [0, 0.1) is 11.8 Å². The summed E-state index contributed by atoms with van der Waals surface area (Å²) in [5.74, 6) is 2.56. The highest BCUT2D eigenvalue weighted by Crippen LogP contribution is 2.44. The van der Waals surface area contributed by atoms with Crippen molar-refractivity contribution in [3.05, 3.63) is 0 Å². The van der Waals surface area contributed by atoms with Gasteiger partial charge in [-0.05, 0) is 32.1 Å². The molecular formula is C19H36IN5O. The molecule has 7 heteroatoms. The van der Waals surface area contributed by atoms with Crippen LogP contribution in [0.4, 0.5) is 0 Å². The largest absolute Gasteiger partial charge is 0.368 e. The van der Waals surface area contributed by atoms with E-state index >= 15 is 0 Å². The number of primary amides is 1. The summed E-state index contributed by atoms with van der Waals surface area (Å²) in [5, 5.41) is 3.70. The number of carbonyl (C=O) groups excluding carboxylic acids is 1. The first-order valence-electron chi connectivity index (χ1n) is 9.96. The van der Waals surface area contributed by atoms with Gasteiger partial charge in [-0.2, -0.15) is 0 Å². The fraction of sp³-hybridized carbons (Fsp3) is 0.895. The normalized spacial score (nSPS) is 28.4. The van der Waals surface area contributed by atoms with E-state index in [4.69, 9.17) is 5.73 Å². The summed E-state index contributed by atoms with van der Waals surface area (Å²) in [7, 11) is 1.88. The molecule has 2 atom stereocenters. The third kappa shape index (κ3) is 4.82. The molecule has 2 saturated carbocycles. The van der Waals surface area contributed by atoms with E-state index in [1.807, 2.05) is 20.9 Å². The number of rotatable bonds is 4. The molecular weight excluding hydrogens is 441 g/mol. The molecule has 3 N–H and O–H groups in total. The van der Waals surface area contributed by atoms with E-state index in [0.717, 1.165) is 44.0 Å². The second-order valence-electron chi connectivity index (χ2n) is 8.49. The third-order valence-electron chi connectivity index (χ3n) is 6.59. The molecule has 3 fully saturated rings. The van der Waals surface area contributed by atoms with E-state index in [9.17, 15) is 4.79 Å². The fourth-order valence-electron chi connectivity index (χ4n) is 4.56. The topological polar surface area (TPSA) is 74.0 Å². The van der Waals surface area contributed by atoms with Gasteiger partial charge in [-0.3, -0.25) is 14.7 Å². The molecule has 0 radical (unpaired) electrons. The van der Waals surface area contributed by atoms with Gasteiger partial charge in [-0.1, -0.05) is 32.1 Å². The zero-order chi connectivity index (χ0) is 18.0. The van der Waals surface area contributed by atoms with Gasteiger partial charge in [0.15, 0.2) is 5.96 Å². The average Bonchev–Trinajstić information content (AvgIpc) is 3.40. The van der Waals surface area contributed by atoms with Crippen LogP contribution >= 0.6 is 24.0 Å². The number of nitrogens with one attached hydrogen (secondary N) is 1. The highest BCUT2D eigenvalue weighted by atomic mass is 127. The second kappa shape index (κ2) is 9.08. The molecule has 150 valence electrons. The van der Waals surface area contributed by atoms with Crippen molar-refractivity contribution in [2.45, 2.75) is 64.0 Å². The van der Waals surface area contributed by atoms with Gasteiger partial charge in [0.05, 0.1) is 5.54 Å². The van der Waals surface area contributed by atoms with E-state index in [-0.39, 0.29) is 29.9 Å². The minimum absolute atomic E-state index is 0. The lowest BCUT2D eigenvalue weighted by Gasteiger charge is -2.43. The van der Waals surface area contributed by atoms with Crippen LogP contribution in [0.2, 0.25) is 0 Å². The molecule has 1 saturated heterocycles. The Morgan fingerprint density at radius 1 is 1.12 bits per heavy atom. The molecule has 3 rings (SSSR count). The monoisotopic (exact) mass is 477 g/mol. The van der Waals surface area contributed by atoms with Crippen LogP contribution in [-0.2, 0) is 4.79 Å². The van der Waals surface area contributed by atoms with Crippen molar-refractivity contribution in [3.63, 3.8) is 0 Å². The molecule has 1 amide bonds. The molecule has 2 aliphatic carbocycles. The first-order valence-corrected chi connectivity index (χ1v) is 9.96. The Balaban J connectivity index is 0.00000243. The maximum atomic E-state index is 11.7. The van der Waals surface area contributed by atoms with Crippen LogP contribution in [0.1, 0.15) is 52.4 Å². The Labute approximate surface area is 175 Å². The van der Waals surface area contributed by atoms with E-state index in [1.54, 1.807) is 0 Å². The summed E-state index contributed by atoms with van der Waals surface area (Å²) in [6.45, 7) is 7.28. The first-order chi connectivity index (χ1) is 11.9. The van der Waals surface area contributed by atoms with Crippen molar-refractivity contribution in [2.24, 2.45) is 22.6 Å². The lowest BCUT2D eigenvalue weighted by atomic mass is 9.85. The summed E-state index contributed by atoms with van der Waals surface area (Å²) >= 11 is 0. The smallest absolute Gasteiger partial charge is 0.237 e. The van der Waals surface area contributed by atoms with Gasteiger partial charge in [0.2, 0.25) is 5.91 Å². The maximum absolute atomic E-state index is 11.7. The van der Waals surface area contributed by atoms with E-state index < -0.39 is 5.54 Å². The molecule has 0 aromatic rings. The minimum atomic E-state index is -0.578. The number of aliphatic imine (C=N–C) groups is 1. The molecule has 1 aliphatic heterocycles. The van der Waals surface area contributed by atoms with Crippen LogP contribution in [0.15, 0.2) is 4.99 Å². The number of piperazine rings is 1. The van der Waals surface area contributed by atoms with E-state index in [2.05, 4.69) is 20.1 Å². The molecule has 0 aromatic heterocycles. The number of hydrogen-bond acceptors (Lipinski definition) is 3. The molecule has 26 heavy (non-hydrogen) atoms. The van der Waals surface area contributed by atoms with Crippen molar-refractivity contribution >= 4 is 35.8 Å². The van der Waals surface area contributed by atoms with Crippen LogP contribution in [0.25, 0.3) is 0 Å². The Morgan fingerprint density at radius 2 is 1.73 bits per heavy atom. The molecule has 0 spiro atoms. The Hall–Kier alpha value is -0.570. The number of nitrogens with two attached hydrogens (primary N) is 1. The van der Waals surface area contributed by atoms with Gasteiger partial charge in [-0.15, -0.1) is 24.0 Å². The van der Waals surface area contributed by atoms with Gasteiger partial charge in [0, 0.05) is 39.3 Å². The lowest BCUT2D eigenvalue weighted by Crippen LogP contribution is -2.61. The van der Waals surface area contributed by atoms with Crippen LogP contribution in [-0.4, -0.2) is 66.5 Å². The van der Waals surface area contributed by atoms with Crippen molar-refractivity contribution < 1.29 is 4.79 Å². The molecule has 6 nitrogen and oxygen atoms in total. The zero-order valence-corrected chi connectivity index (χ0v) is 18.9. The number of carbonyl (C=O) groups is 1. The number of halogens is 1. The molecule has 0 aromatic carbocycles. The van der Waals surface area contributed by atoms with Gasteiger partial charge >= 0.3 is 0 Å². The summed E-state index contributed by atoms with van der Waals surface area (Å²) in [4.78, 5) is 20.7. The van der Waals surface area contributed by atoms with Crippen molar-refractivity contribution in [2.75, 3.05) is 33.2 Å². The highest BCUT2D eigenvalue weighted by Gasteiger charge is 2.44. The average molecular weight is 477 g/mol. The lowest BCUT2D eigenvalue weighted by molar-refractivity contribution is -0.129. The number of guanidine groups is 1. The highest BCUT2D eigenvalue weighted by molar-refractivity contribution is 14.0. The SMILES string of the molecule is CN=C(NC1CC1C1CCCCC1)N1CCN(C(C)(C)C(N)=O)CC1.I. The van der Waals surface area contributed by atoms with Crippen molar-refractivity contribution in [1.82, 2.24) is 15.1 Å². The standard InChI is InChI=1S/C19H35N5O.HI/c1-19(2,17(20)25)24-11-9-23(10-12-24)18(21-3)22-16-13-15(16)14-7-5-4-6-8-14;/h14-16H,4-13H2,1-3H3,(H2,20,25)(H,21,22);1H. The summed E-state index contributed by atoms with van der Waals surface area (Å²) < 4.78 is 0. The molecule has 2 unspecified atom stereocenters. The van der Waals surface area contributed by atoms with Crippen LogP contribution in [0.5, 0.6) is 0 Å². The predicted molar refractivity (Wildman–Crippen MR) is 117 cm³/mol. The molecule has 0 bridgehead atoms. The van der Waals surface area contributed by atoms with Crippen LogP contribution in [0.3, 0.4) is 0 Å². The minimum Gasteiger partial charge on any atom is -0.368 e. The first kappa shape index (κ1) is 21.7. The summed E-state index contributed by atoms with van der Waals surface area (Å²) in [6.07, 6.45) is 8.40. The summed E-state index contributed by atoms with van der Waals surface area (Å²) in [6, 6.07) is 0.613. The van der Waals surface area contributed by atoms with Crippen LogP contribution < -0.4 is 11.1 Å². The quantitative estimate of drug-likeness (QED) is 0.369. The Bertz CT molecular complexity index is 510. The van der Waals surface area contributed by atoms with Gasteiger partial charge in [0.25, 0.3) is 0 Å². The summed E-state index contributed by atoms with van der Waals surface area (Å²) in [5.41, 5.74) is 4.97. The number of amides is 1. The van der Waals surface area contributed by atoms with Gasteiger partial charge in [-0.25, -0.2) is 0 Å². The van der Waals surface area contributed by atoms with E-state index in [0.29, 0.717) is 6.04 Å². The van der Waals surface area contributed by atoms with Gasteiger partial charge in [0.1, 0.15) is 0 Å². The Kier molecular flexibility index (Phi) is 7.59. The van der Waals surface area contributed by atoms with E-state index in [1.165, 1.54) is 38.5 Å². The van der Waals surface area contributed by atoms with Crippen molar-refractivity contribution in [3.8, 4) is 0 Å². The Morgan fingerprint density at radius 3 is 2.27 bits per heavy atom. The number of hydrogen-bond donors (Lipinski definition) is 2. The second-order valence-corrected chi connectivity index (χ2v) is 8.49. The molecule has 1 heterocycles. The predicted octanol–water partition coefficient (Wildman–Crippen LogP) is 2.03. The maximum Gasteiger partial charge on any atom is 0.237 e. The van der Waals surface area contributed by atoms with Crippen molar-refractivity contribution in [1.29, 1.82) is 0 Å². The zero-order valence-electron chi connectivity index (χ0n) is 16.5. The third-order valence-corrected chi connectivity index (χ3v) is 6.59.